The first kappa shape index (κ1) is 33.1. The second kappa shape index (κ2) is 11.1. The van der Waals surface area contributed by atoms with E-state index < -0.39 is 16.1 Å². The molecule has 0 radical (unpaired) electrons. The SMILES string of the molecule is CC(C)(C)c1cc2c3c(c1)[Si](C)(C)c1cc(-n4c5c(c6ccccc64)CCC5)ccc1B3c1cc(-n3c4c(c5ccccc53)CCCC4)ccc1[Si]2(C)C. The Hall–Kier alpha value is -4.32. The van der Waals surface area contributed by atoms with Crippen LogP contribution in [-0.2, 0) is 31.1 Å². The number of rotatable bonds is 2. The summed E-state index contributed by atoms with van der Waals surface area (Å²) in [5.74, 6) is 0. The second-order valence-electron chi connectivity index (χ2n) is 19.1. The van der Waals surface area contributed by atoms with Crippen LogP contribution in [0.25, 0.3) is 33.2 Å². The highest BCUT2D eigenvalue weighted by Gasteiger charge is 2.50. The molecule has 0 amide bonds. The molecule has 2 aromatic heterocycles. The molecule has 268 valence electrons. The molecule has 5 heteroatoms. The number of hydrogen-bond donors (Lipinski definition) is 0. The van der Waals surface area contributed by atoms with E-state index in [-0.39, 0.29) is 12.1 Å². The quantitative estimate of drug-likeness (QED) is 0.169. The van der Waals surface area contributed by atoms with Crippen molar-refractivity contribution in [3.63, 3.8) is 0 Å². The Labute approximate surface area is 323 Å². The zero-order valence-corrected chi connectivity index (χ0v) is 35.2. The van der Waals surface area contributed by atoms with Crippen LogP contribution in [0.15, 0.2) is 97.1 Å². The molecule has 5 aromatic carbocycles. The maximum Gasteiger partial charge on any atom is 0.240 e. The molecule has 11 rings (SSSR count). The third kappa shape index (κ3) is 4.34. The fourth-order valence-electron chi connectivity index (χ4n) is 11.6. The molecule has 54 heavy (non-hydrogen) atoms. The van der Waals surface area contributed by atoms with Gasteiger partial charge in [0.2, 0.25) is 6.71 Å². The Kier molecular flexibility index (Phi) is 6.82. The Balaban J connectivity index is 1.19. The minimum Gasteiger partial charge on any atom is -0.313 e. The first-order valence-corrected chi connectivity index (χ1v) is 26.7. The van der Waals surface area contributed by atoms with E-state index in [4.69, 9.17) is 0 Å². The largest absolute Gasteiger partial charge is 0.313 e. The van der Waals surface area contributed by atoms with Gasteiger partial charge in [0.25, 0.3) is 0 Å². The Bertz CT molecular complexity index is 2750. The van der Waals surface area contributed by atoms with E-state index in [1.54, 1.807) is 54.0 Å². The van der Waals surface area contributed by atoms with E-state index in [1.807, 2.05) is 0 Å². The topological polar surface area (TPSA) is 9.86 Å². The zero-order chi connectivity index (χ0) is 36.9. The minimum atomic E-state index is -2.14. The fraction of sp³-hybridized carbons (Fsp3) is 0.306. The van der Waals surface area contributed by atoms with Crippen LogP contribution in [0.3, 0.4) is 0 Å². The molecule has 2 aliphatic carbocycles. The lowest BCUT2D eigenvalue weighted by atomic mass is 9.36. The van der Waals surface area contributed by atoms with Gasteiger partial charge >= 0.3 is 0 Å². The standard InChI is InChI=1S/C49H51BN2Si2/c1-49(2,3)31-27-46-48-47(28-31)54(6,7)45-30-33(52-42-21-13-10-17-36(42)37-18-14-22-43(37)52)23-25-38(45)50(48)39-29-32(24-26-44(39)53(46,4)5)51-40-19-11-8-15-34(40)35-16-9-12-20-41(35)51/h8,10-11,13,15,17,19,21,23-30H,9,12,14,16,18,20,22H2,1-7H3. The number of aromatic nitrogens is 2. The summed E-state index contributed by atoms with van der Waals surface area (Å²) in [4.78, 5) is 0. The fourth-order valence-corrected chi connectivity index (χ4v) is 18.1. The summed E-state index contributed by atoms with van der Waals surface area (Å²) in [5.41, 5.74) is 18.1. The van der Waals surface area contributed by atoms with Gasteiger partial charge in [-0.2, -0.15) is 0 Å². The third-order valence-electron chi connectivity index (χ3n) is 14.3. The highest BCUT2D eigenvalue weighted by atomic mass is 28.3. The summed E-state index contributed by atoms with van der Waals surface area (Å²) < 4.78 is 5.29. The van der Waals surface area contributed by atoms with Crippen LogP contribution >= 0.6 is 0 Å². The maximum atomic E-state index is 2.69. The van der Waals surface area contributed by atoms with Crippen LogP contribution in [0.1, 0.15) is 68.1 Å². The van der Waals surface area contributed by atoms with Crippen LogP contribution in [0.4, 0.5) is 0 Å². The average Bonchev–Trinajstić information content (AvgIpc) is 3.85. The van der Waals surface area contributed by atoms with Crippen molar-refractivity contribution in [3.05, 3.63) is 125 Å². The first-order valence-electron chi connectivity index (χ1n) is 20.7. The Morgan fingerprint density at radius 3 is 1.70 bits per heavy atom. The molecule has 0 spiro atoms. The molecular weight excluding hydrogens is 684 g/mol. The first-order chi connectivity index (χ1) is 25.9. The van der Waals surface area contributed by atoms with Gasteiger partial charge in [-0.05, 0) is 103 Å². The van der Waals surface area contributed by atoms with Crippen LogP contribution in [0.2, 0.25) is 26.2 Å². The van der Waals surface area contributed by atoms with Crippen molar-refractivity contribution in [3.8, 4) is 11.4 Å². The Morgan fingerprint density at radius 2 is 1.06 bits per heavy atom. The van der Waals surface area contributed by atoms with Crippen molar-refractivity contribution >= 4 is 81.8 Å². The molecule has 7 aromatic rings. The third-order valence-corrected chi connectivity index (χ3v) is 21.4. The number of hydrogen-bond acceptors (Lipinski definition) is 0. The molecule has 0 atom stereocenters. The molecule has 0 bridgehead atoms. The van der Waals surface area contributed by atoms with Gasteiger partial charge in [-0.25, -0.2) is 0 Å². The van der Waals surface area contributed by atoms with E-state index in [9.17, 15) is 0 Å². The summed E-state index contributed by atoms with van der Waals surface area (Å²) in [6.45, 7) is 18.1. The van der Waals surface area contributed by atoms with Crippen molar-refractivity contribution in [2.24, 2.45) is 0 Å². The molecule has 0 N–H and O–H groups in total. The smallest absolute Gasteiger partial charge is 0.240 e. The molecule has 0 fully saturated rings. The summed E-state index contributed by atoms with van der Waals surface area (Å²) in [5, 5.41) is 9.52. The van der Waals surface area contributed by atoms with Crippen molar-refractivity contribution in [1.82, 2.24) is 9.13 Å². The van der Waals surface area contributed by atoms with Gasteiger partial charge in [0.05, 0.1) is 11.0 Å². The van der Waals surface area contributed by atoms with E-state index in [1.165, 1.54) is 83.0 Å². The summed E-state index contributed by atoms with van der Waals surface area (Å²) in [6.07, 6.45) is 8.55. The number of nitrogens with zero attached hydrogens (tertiary/aromatic N) is 2. The highest BCUT2D eigenvalue weighted by Crippen LogP contribution is 2.37. The van der Waals surface area contributed by atoms with Crippen LogP contribution in [0, 0.1) is 0 Å². The van der Waals surface area contributed by atoms with E-state index >= 15 is 0 Å². The van der Waals surface area contributed by atoms with Crippen LogP contribution < -0.4 is 37.1 Å². The Morgan fingerprint density at radius 1 is 0.519 bits per heavy atom. The van der Waals surface area contributed by atoms with E-state index in [2.05, 4.69) is 153 Å². The van der Waals surface area contributed by atoms with Crippen molar-refractivity contribution < 1.29 is 0 Å². The van der Waals surface area contributed by atoms with Crippen LogP contribution in [0.5, 0.6) is 0 Å². The normalized spacial score (nSPS) is 17.6. The summed E-state index contributed by atoms with van der Waals surface area (Å²) in [6, 6.07) is 39.1. The minimum absolute atomic E-state index is 0.0848. The monoisotopic (exact) mass is 734 g/mol. The second-order valence-corrected chi connectivity index (χ2v) is 27.7. The molecule has 2 aliphatic heterocycles. The van der Waals surface area contributed by atoms with E-state index in [0.29, 0.717) is 0 Å². The molecular formula is C49H51BN2Si2. The molecule has 0 saturated heterocycles. The van der Waals surface area contributed by atoms with Crippen LogP contribution in [-0.4, -0.2) is 32.0 Å². The lowest BCUT2D eigenvalue weighted by molar-refractivity contribution is 0.591. The van der Waals surface area contributed by atoms with Crippen molar-refractivity contribution in [2.45, 2.75) is 97.3 Å². The highest BCUT2D eigenvalue weighted by molar-refractivity contribution is 7.21. The van der Waals surface area contributed by atoms with Gasteiger partial charge in [-0.15, -0.1) is 0 Å². The lowest BCUT2D eigenvalue weighted by Gasteiger charge is -2.46. The molecule has 0 unspecified atom stereocenters. The summed E-state index contributed by atoms with van der Waals surface area (Å²) in [7, 11) is -4.20. The van der Waals surface area contributed by atoms with Gasteiger partial charge in [0.15, 0.2) is 0 Å². The van der Waals surface area contributed by atoms with Crippen molar-refractivity contribution in [2.75, 3.05) is 0 Å². The van der Waals surface area contributed by atoms with Gasteiger partial charge in [-0.1, -0.05) is 145 Å². The number of fused-ring (bicyclic) bond motifs is 10. The maximum absolute atomic E-state index is 2.69. The average molecular weight is 735 g/mol. The predicted octanol–water partition coefficient (Wildman–Crippen LogP) is 7.03. The van der Waals surface area contributed by atoms with Gasteiger partial charge in [-0.3, -0.25) is 0 Å². The predicted molar refractivity (Wildman–Crippen MR) is 239 cm³/mol. The molecule has 4 heterocycles. The molecule has 0 saturated carbocycles. The lowest BCUT2D eigenvalue weighted by Crippen LogP contribution is -2.86. The number of para-hydroxylation sites is 2. The summed E-state index contributed by atoms with van der Waals surface area (Å²) >= 11 is 0. The zero-order valence-electron chi connectivity index (χ0n) is 33.2. The van der Waals surface area contributed by atoms with Gasteiger partial charge in [0, 0.05) is 33.5 Å². The van der Waals surface area contributed by atoms with Crippen molar-refractivity contribution in [1.29, 1.82) is 0 Å². The number of benzene rings is 5. The number of aryl methyl sites for hydroxylation is 2. The van der Waals surface area contributed by atoms with Gasteiger partial charge in [0.1, 0.15) is 16.1 Å². The van der Waals surface area contributed by atoms with E-state index in [0.717, 1.165) is 6.42 Å². The molecule has 4 aliphatic rings. The molecule has 2 nitrogen and oxygen atoms in total. The van der Waals surface area contributed by atoms with Gasteiger partial charge < -0.3 is 9.13 Å².